The first kappa shape index (κ1) is 21.2. The first-order valence-electron chi connectivity index (χ1n) is 9.62. The number of hydrogen-bond acceptors (Lipinski definition) is 4. The van der Waals surface area contributed by atoms with Gasteiger partial charge in [0.1, 0.15) is 12.4 Å². The summed E-state index contributed by atoms with van der Waals surface area (Å²) in [6, 6.07) is 16.3. The van der Waals surface area contributed by atoms with Crippen molar-refractivity contribution in [1.82, 2.24) is 9.91 Å². The van der Waals surface area contributed by atoms with Gasteiger partial charge in [-0.15, -0.1) is 11.3 Å². The second-order valence-corrected chi connectivity index (χ2v) is 8.59. The fourth-order valence-corrected chi connectivity index (χ4v) is 4.31. The van der Waals surface area contributed by atoms with E-state index in [1.807, 2.05) is 29.6 Å². The zero-order chi connectivity index (χ0) is 22.0. The number of likely N-dealkylation sites (N-methyl/N-ethyl adjacent to an activating group) is 1. The summed E-state index contributed by atoms with van der Waals surface area (Å²) >= 11 is 7.58. The summed E-state index contributed by atoms with van der Waals surface area (Å²) in [4.78, 5) is 28.1. The van der Waals surface area contributed by atoms with Crippen molar-refractivity contribution in [2.24, 2.45) is 5.10 Å². The molecule has 5 nitrogen and oxygen atoms in total. The Morgan fingerprint density at radius 3 is 2.65 bits per heavy atom. The summed E-state index contributed by atoms with van der Waals surface area (Å²) in [6.45, 7) is -0.180. The molecule has 0 saturated heterocycles. The van der Waals surface area contributed by atoms with E-state index in [1.165, 1.54) is 35.2 Å². The minimum absolute atomic E-state index is 0.180. The van der Waals surface area contributed by atoms with Gasteiger partial charge in [-0.1, -0.05) is 35.9 Å². The number of benzene rings is 2. The summed E-state index contributed by atoms with van der Waals surface area (Å²) in [5, 5.41) is 8.60. The van der Waals surface area contributed by atoms with Crippen LogP contribution in [0.25, 0.3) is 0 Å². The predicted octanol–water partition coefficient (Wildman–Crippen LogP) is 4.99. The molecule has 4 rings (SSSR count). The molecule has 1 aromatic heterocycles. The minimum atomic E-state index is -0.502. The highest BCUT2D eigenvalue weighted by atomic mass is 35.5. The highest BCUT2D eigenvalue weighted by Crippen LogP contribution is 2.34. The van der Waals surface area contributed by atoms with Crippen LogP contribution in [0.5, 0.6) is 0 Å². The molecular weight excluding hydrogens is 437 g/mol. The van der Waals surface area contributed by atoms with Gasteiger partial charge in [0.2, 0.25) is 0 Å². The van der Waals surface area contributed by atoms with Gasteiger partial charge >= 0.3 is 0 Å². The molecule has 3 aromatic rings. The SMILES string of the molecule is CN(CC(=O)N1N=C(c2cccs2)CC1c1ccc(Cl)cc1)C(=O)c1cccc(F)c1. The first-order chi connectivity index (χ1) is 14.9. The molecule has 2 heterocycles. The van der Waals surface area contributed by atoms with E-state index < -0.39 is 11.7 Å². The molecule has 1 atom stereocenters. The van der Waals surface area contributed by atoms with Crippen LogP contribution in [0.4, 0.5) is 4.39 Å². The van der Waals surface area contributed by atoms with Crippen molar-refractivity contribution in [3.05, 3.63) is 92.9 Å². The minimum Gasteiger partial charge on any atom is -0.332 e. The summed E-state index contributed by atoms with van der Waals surface area (Å²) in [5.74, 6) is -1.26. The lowest BCUT2D eigenvalue weighted by Gasteiger charge is -2.25. The maximum Gasteiger partial charge on any atom is 0.262 e. The van der Waals surface area contributed by atoms with Crippen molar-refractivity contribution in [3.8, 4) is 0 Å². The van der Waals surface area contributed by atoms with Gasteiger partial charge in [0.25, 0.3) is 11.8 Å². The van der Waals surface area contributed by atoms with Crippen molar-refractivity contribution in [3.63, 3.8) is 0 Å². The number of carbonyl (C=O) groups is 2. The van der Waals surface area contributed by atoms with E-state index in [0.717, 1.165) is 22.2 Å². The Hall–Kier alpha value is -3.03. The lowest BCUT2D eigenvalue weighted by Crippen LogP contribution is -2.39. The standard InChI is InChI=1S/C23H19ClFN3O2S/c1-27(23(30)16-4-2-5-18(25)12-16)14-22(29)28-20(15-7-9-17(24)10-8-15)13-19(26-28)21-6-3-11-31-21/h2-12,20H,13-14H2,1H3. The van der Waals surface area contributed by atoms with Crippen molar-refractivity contribution in [2.45, 2.75) is 12.5 Å². The van der Waals surface area contributed by atoms with Crippen LogP contribution < -0.4 is 0 Å². The lowest BCUT2D eigenvalue weighted by molar-refractivity contribution is -0.133. The number of nitrogens with zero attached hydrogens (tertiary/aromatic N) is 3. The molecular formula is C23H19ClFN3O2S. The van der Waals surface area contributed by atoms with Crippen molar-refractivity contribution in [2.75, 3.05) is 13.6 Å². The van der Waals surface area contributed by atoms with Gasteiger partial charge < -0.3 is 4.90 Å². The topological polar surface area (TPSA) is 53.0 Å². The Balaban J connectivity index is 1.56. The van der Waals surface area contributed by atoms with Gasteiger partial charge in [-0.05, 0) is 47.3 Å². The maximum atomic E-state index is 13.5. The molecule has 0 fully saturated rings. The van der Waals surface area contributed by atoms with Crippen LogP contribution in [0, 0.1) is 5.82 Å². The molecule has 31 heavy (non-hydrogen) atoms. The van der Waals surface area contributed by atoms with E-state index in [4.69, 9.17) is 11.6 Å². The van der Waals surface area contributed by atoms with Gasteiger partial charge in [0.05, 0.1) is 16.6 Å². The molecule has 0 bridgehead atoms. The van der Waals surface area contributed by atoms with Crippen molar-refractivity contribution < 1.29 is 14.0 Å². The average Bonchev–Trinajstić information content (AvgIpc) is 3.43. The van der Waals surface area contributed by atoms with E-state index in [0.29, 0.717) is 11.4 Å². The van der Waals surface area contributed by atoms with Crippen LogP contribution in [0.3, 0.4) is 0 Å². The van der Waals surface area contributed by atoms with Gasteiger partial charge in [0, 0.05) is 24.1 Å². The third kappa shape index (κ3) is 4.68. The smallest absolute Gasteiger partial charge is 0.262 e. The quantitative estimate of drug-likeness (QED) is 0.544. The monoisotopic (exact) mass is 455 g/mol. The fraction of sp³-hybridized carbons (Fsp3) is 0.174. The summed E-state index contributed by atoms with van der Waals surface area (Å²) in [7, 11) is 1.52. The predicted molar refractivity (Wildman–Crippen MR) is 120 cm³/mol. The van der Waals surface area contributed by atoms with Crippen LogP contribution in [0.1, 0.15) is 33.3 Å². The summed E-state index contributed by atoms with van der Waals surface area (Å²) in [6.07, 6.45) is 0.565. The van der Waals surface area contributed by atoms with E-state index in [2.05, 4.69) is 5.10 Å². The summed E-state index contributed by atoms with van der Waals surface area (Å²) in [5.41, 5.74) is 1.92. The Kier molecular flexibility index (Phi) is 6.15. The number of hydrazone groups is 1. The van der Waals surface area contributed by atoms with E-state index in [-0.39, 0.29) is 24.1 Å². The molecule has 158 valence electrons. The Labute approximate surface area is 188 Å². The van der Waals surface area contributed by atoms with E-state index in [1.54, 1.807) is 23.5 Å². The van der Waals surface area contributed by atoms with Crippen molar-refractivity contribution >= 4 is 40.5 Å². The largest absolute Gasteiger partial charge is 0.332 e. The number of thiophene rings is 1. The van der Waals surface area contributed by atoms with Crippen LogP contribution >= 0.6 is 22.9 Å². The van der Waals surface area contributed by atoms with Crippen molar-refractivity contribution in [1.29, 1.82) is 0 Å². The zero-order valence-corrected chi connectivity index (χ0v) is 18.2. The van der Waals surface area contributed by atoms with E-state index in [9.17, 15) is 14.0 Å². The molecule has 8 heteroatoms. The second-order valence-electron chi connectivity index (χ2n) is 7.21. The Morgan fingerprint density at radius 2 is 1.97 bits per heavy atom. The lowest BCUT2D eigenvalue weighted by atomic mass is 10.0. The van der Waals surface area contributed by atoms with Gasteiger partial charge in [-0.3, -0.25) is 9.59 Å². The van der Waals surface area contributed by atoms with E-state index >= 15 is 0 Å². The first-order valence-corrected chi connectivity index (χ1v) is 10.9. The molecule has 1 unspecified atom stereocenters. The summed E-state index contributed by atoms with van der Waals surface area (Å²) < 4.78 is 13.5. The number of hydrogen-bond donors (Lipinski definition) is 0. The van der Waals surface area contributed by atoms with Crippen LogP contribution in [0.15, 0.2) is 71.1 Å². The molecule has 0 aliphatic carbocycles. The molecule has 2 amide bonds. The molecule has 1 aliphatic rings. The van der Waals surface area contributed by atoms with Crippen LogP contribution in [0.2, 0.25) is 5.02 Å². The highest BCUT2D eigenvalue weighted by molar-refractivity contribution is 7.12. The molecule has 0 radical (unpaired) electrons. The zero-order valence-electron chi connectivity index (χ0n) is 16.7. The molecule has 1 aliphatic heterocycles. The number of rotatable bonds is 5. The molecule has 0 spiro atoms. The van der Waals surface area contributed by atoms with Crippen LogP contribution in [-0.4, -0.2) is 41.0 Å². The number of carbonyl (C=O) groups excluding carboxylic acids is 2. The highest BCUT2D eigenvalue weighted by Gasteiger charge is 2.34. The average molecular weight is 456 g/mol. The Morgan fingerprint density at radius 1 is 1.19 bits per heavy atom. The molecule has 0 N–H and O–H groups in total. The third-order valence-corrected chi connectivity index (χ3v) is 6.19. The van der Waals surface area contributed by atoms with Gasteiger partial charge in [-0.2, -0.15) is 5.10 Å². The van der Waals surface area contributed by atoms with Gasteiger partial charge in [0.15, 0.2) is 0 Å². The normalized spacial score (nSPS) is 15.6. The second kappa shape index (κ2) is 8.99. The van der Waals surface area contributed by atoms with Gasteiger partial charge in [-0.25, -0.2) is 9.40 Å². The third-order valence-electron chi connectivity index (χ3n) is 5.02. The fourth-order valence-electron chi connectivity index (χ4n) is 3.47. The maximum absolute atomic E-state index is 13.5. The molecule has 2 aromatic carbocycles. The Bertz CT molecular complexity index is 1130. The molecule has 0 saturated carbocycles. The number of amides is 2. The van der Waals surface area contributed by atoms with Crippen LogP contribution in [-0.2, 0) is 4.79 Å². The number of halogens is 2.